The number of hydrogen-bond donors (Lipinski definition) is 0. The van der Waals surface area contributed by atoms with E-state index in [1.807, 2.05) is 0 Å². The number of hydrogen-bond acceptors (Lipinski definition) is 0. The van der Waals surface area contributed by atoms with E-state index in [1.165, 1.54) is 31.7 Å². The van der Waals surface area contributed by atoms with Crippen LogP contribution in [-0.4, -0.2) is 4.23 Å². The minimum atomic E-state index is 0.250. The van der Waals surface area contributed by atoms with Crippen LogP contribution in [0, 0.1) is 43.9 Å². The van der Waals surface area contributed by atoms with Crippen LogP contribution >= 0.6 is 0 Å². The van der Waals surface area contributed by atoms with Crippen LogP contribution in [0.2, 0.25) is 0 Å². The van der Waals surface area contributed by atoms with Gasteiger partial charge >= 0.3 is 67.1 Å². The average molecular weight is 499 g/mol. The molecule has 0 N–H and O–H groups in total. The summed E-state index contributed by atoms with van der Waals surface area (Å²) in [6.07, 6.45) is 0. The van der Waals surface area contributed by atoms with Gasteiger partial charge in [-0.3, -0.25) is 0 Å². The minimum absolute atomic E-state index is 0.250. The molecule has 24 heavy (non-hydrogen) atoms. The molecular weight excluding hydrogens is 457 g/mol. The molecule has 0 aliphatic rings. The molecule has 0 heterocycles. The zero-order chi connectivity index (χ0) is 20.2. The van der Waals surface area contributed by atoms with E-state index in [9.17, 15) is 0 Å². The van der Waals surface area contributed by atoms with Gasteiger partial charge in [0.1, 0.15) is 0 Å². The van der Waals surface area contributed by atoms with Crippen molar-refractivity contribution in [2.45, 2.75) is 69.2 Å². The maximum atomic E-state index is 3.77. The zero-order valence-electron chi connectivity index (χ0n) is 18.0. The van der Waals surface area contributed by atoms with E-state index in [4.69, 9.17) is 0 Å². The molecule has 1 aromatic rings. The zero-order valence-corrected chi connectivity index (χ0v) is 21.2. The standard InChI is InChI=1S/C8H8.3C5H11.Ta/c1-7-3-5-8(2)6-4-7;3*1-5(2,3)4;/h1,3-6H,2H3;3*1H2,2-4H3;/q;3*-1;. The van der Waals surface area contributed by atoms with Crippen LogP contribution in [0.15, 0.2) is 24.3 Å². The van der Waals surface area contributed by atoms with E-state index < -0.39 is 0 Å². The molecule has 141 valence electrons. The van der Waals surface area contributed by atoms with Crippen molar-refractivity contribution in [3.63, 3.8) is 0 Å². The summed E-state index contributed by atoms with van der Waals surface area (Å²) in [5.41, 5.74) is 3.42. The minimum Gasteiger partial charge on any atom is -0.338 e. The van der Waals surface area contributed by atoms with Crippen molar-refractivity contribution in [1.82, 2.24) is 0 Å². The summed E-state index contributed by atoms with van der Waals surface area (Å²) in [6.45, 7) is 32.1. The predicted molar refractivity (Wildman–Crippen MR) is 111 cm³/mol. The molecule has 0 aliphatic heterocycles. The molecule has 1 aromatic carbocycles. The number of aryl methyl sites for hydroxylation is 1. The van der Waals surface area contributed by atoms with Gasteiger partial charge in [-0.25, -0.2) is 0 Å². The smallest absolute Gasteiger partial charge is 0.0878 e. The van der Waals surface area contributed by atoms with Gasteiger partial charge in [0.15, 0.2) is 0 Å². The molecule has 1 heteroatoms. The fourth-order valence-electron chi connectivity index (χ4n) is 0.653. The van der Waals surface area contributed by atoms with Gasteiger partial charge in [-0.1, -0.05) is 62.3 Å². The summed E-state index contributed by atoms with van der Waals surface area (Å²) in [6, 6.07) is 8.57. The number of benzene rings is 1. The summed E-state index contributed by atoms with van der Waals surface area (Å²) < 4.78 is 2.21. The average Bonchev–Trinajstić information content (AvgIpc) is 2.23. The summed E-state index contributed by atoms with van der Waals surface area (Å²) in [5.74, 6) is 0. The maximum absolute atomic E-state index is 3.77. The third kappa shape index (κ3) is 67.7. The summed E-state index contributed by atoms with van der Waals surface area (Å²) >= 11 is 1.33. The molecule has 0 saturated carbocycles. The SMILES string of the molecule is Cc1ccc([CH]=[Ta])cc1.[CH2-]C(C)(C)C.[CH2-]C(C)(C)C.[CH2-]C(C)(C)C. The predicted octanol–water partition coefficient (Wildman–Crippen LogP) is 7.29. The summed E-state index contributed by atoms with van der Waals surface area (Å²) in [5, 5.41) is 0. The largest absolute Gasteiger partial charge is 0.338 e. The molecule has 0 fully saturated rings. The molecule has 1 rings (SSSR count). The van der Waals surface area contributed by atoms with E-state index >= 15 is 0 Å². The topological polar surface area (TPSA) is 0 Å². The second kappa shape index (κ2) is 13.1. The van der Waals surface area contributed by atoms with Gasteiger partial charge in [0.25, 0.3) is 0 Å². The molecule has 0 unspecified atom stereocenters. The Morgan fingerprint density at radius 2 is 0.875 bits per heavy atom. The molecule has 0 aromatic heterocycles. The van der Waals surface area contributed by atoms with Crippen LogP contribution in [0.1, 0.15) is 73.4 Å². The van der Waals surface area contributed by atoms with Crippen molar-refractivity contribution >= 4 is 4.23 Å². The Hall–Kier alpha value is -0.170. The Morgan fingerprint density at radius 3 is 1.04 bits per heavy atom. The van der Waals surface area contributed by atoms with Crippen LogP contribution in [-0.2, 0) is 20.6 Å². The molecule has 0 saturated heterocycles. The van der Waals surface area contributed by atoms with Crippen LogP contribution in [0.25, 0.3) is 0 Å². The van der Waals surface area contributed by atoms with Gasteiger partial charge in [-0.2, -0.15) is 16.2 Å². The maximum Gasteiger partial charge on any atom is -0.0878 e. The van der Waals surface area contributed by atoms with E-state index in [0.29, 0.717) is 0 Å². The molecule has 0 nitrogen and oxygen atoms in total. The Balaban J connectivity index is -0.000000259. The Morgan fingerprint density at radius 1 is 0.667 bits per heavy atom. The molecule has 0 bridgehead atoms. The van der Waals surface area contributed by atoms with Gasteiger partial charge in [0.05, 0.1) is 0 Å². The molecule has 0 atom stereocenters. The molecule has 0 amide bonds. The molecule has 0 aliphatic carbocycles. The normalized spacial score (nSPS) is 10.8. The third-order valence-corrected chi connectivity index (χ3v) is 2.30. The first-order chi connectivity index (χ1) is 10.3. The van der Waals surface area contributed by atoms with Crippen molar-refractivity contribution in [2.75, 3.05) is 0 Å². The summed E-state index contributed by atoms with van der Waals surface area (Å²) in [7, 11) is 0. The quantitative estimate of drug-likeness (QED) is 0.357. The van der Waals surface area contributed by atoms with Crippen molar-refractivity contribution < 1.29 is 20.6 Å². The second-order valence-electron chi connectivity index (χ2n) is 9.72. The monoisotopic (exact) mass is 498 g/mol. The van der Waals surface area contributed by atoms with E-state index in [-0.39, 0.29) is 16.2 Å². The third-order valence-electron chi connectivity index (χ3n) is 1.23. The summed E-state index contributed by atoms with van der Waals surface area (Å²) in [4.78, 5) is 0. The van der Waals surface area contributed by atoms with Crippen molar-refractivity contribution in [3.8, 4) is 0 Å². The molecular formula is C23H41Ta-3. The van der Waals surface area contributed by atoms with Crippen molar-refractivity contribution in [1.29, 1.82) is 0 Å². The molecule has 0 radical (unpaired) electrons. The van der Waals surface area contributed by atoms with E-state index in [0.717, 1.165) is 0 Å². The Bertz CT molecular complexity index is 359. The number of rotatable bonds is 1. The second-order valence-corrected chi connectivity index (χ2v) is 10.6. The van der Waals surface area contributed by atoms with Gasteiger partial charge in [0.2, 0.25) is 0 Å². The first kappa shape index (κ1) is 28.6. The molecule has 0 spiro atoms. The van der Waals surface area contributed by atoms with Gasteiger partial charge in [-0.15, -0.1) is 0 Å². The Labute approximate surface area is 166 Å². The van der Waals surface area contributed by atoms with Crippen molar-refractivity contribution in [2.24, 2.45) is 16.2 Å². The van der Waals surface area contributed by atoms with Crippen molar-refractivity contribution in [3.05, 3.63) is 56.2 Å². The van der Waals surface area contributed by atoms with Crippen LogP contribution < -0.4 is 0 Å². The van der Waals surface area contributed by atoms with E-state index in [1.54, 1.807) is 0 Å². The first-order valence-electron chi connectivity index (χ1n) is 8.43. The van der Waals surface area contributed by atoms with E-state index in [2.05, 4.69) is 119 Å². The van der Waals surface area contributed by atoms with Gasteiger partial charge in [-0.05, 0) is 0 Å². The van der Waals surface area contributed by atoms with Gasteiger partial charge < -0.3 is 20.8 Å². The Kier molecular flexibility index (Phi) is 15.6. The first-order valence-corrected chi connectivity index (χ1v) is 10.3. The van der Waals surface area contributed by atoms with Crippen LogP contribution in [0.3, 0.4) is 0 Å². The fourth-order valence-corrected chi connectivity index (χ4v) is 1.27. The van der Waals surface area contributed by atoms with Gasteiger partial charge in [0, 0.05) is 0 Å². The fraction of sp³-hybridized carbons (Fsp3) is 0.565. The van der Waals surface area contributed by atoms with Crippen LogP contribution in [0.4, 0.5) is 0 Å². The van der Waals surface area contributed by atoms with Crippen LogP contribution in [0.5, 0.6) is 0 Å².